The molecule has 108 heavy (non-hydrogen) atoms. The second-order valence-corrected chi connectivity index (χ2v) is 32.2. The average Bonchev–Trinajstić information content (AvgIpc) is 1.61. The van der Waals surface area contributed by atoms with Crippen molar-refractivity contribution in [2.45, 2.75) is 193 Å². The zero-order valence-electron chi connectivity index (χ0n) is 61.6. The van der Waals surface area contributed by atoms with Crippen molar-refractivity contribution in [3.8, 4) is 22.3 Å². The molecular formula is C86H86Cl2F2N10O8. The molecule has 0 bridgehead atoms. The summed E-state index contributed by atoms with van der Waals surface area (Å²) in [6.45, 7) is 29.5. The summed E-state index contributed by atoms with van der Waals surface area (Å²) in [6.07, 6.45) is 13.0. The van der Waals surface area contributed by atoms with Crippen molar-refractivity contribution in [2.75, 3.05) is 22.9 Å². The van der Waals surface area contributed by atoms with Gasteiger partial charge in [-0.3, -0.25) is 39.4 Å². The van der Waals surface area contributed by atoms with Gasteiger partial charge in [0.25, 0.3) is 22.9 Å². The first kappa shape index (κ1) is 73.5. The predicted octanol–water partition coefficient (Wildman–Crippen LogP) is 17.8. The van der Waals surface area contributed by atoms with Crippen LogP contribution in [0.4, 0.5) is 31.5 Å². The summed E-state index contributed by atoms with van der Waals surface area (Å²) < 4.78 is 42.1. The van der Waals surface area contributed by atoms with Crippen LogP contribution in [-0.4, -0.2) is 80.7 Å². The van der Waals surface area contributed by atoms with Crippen LogP contribution in [0, 0.1) is 90.0 Å². The number of hydrogen-bond acceptors (Lipinski definition) is 12. The Balaban J connectivity index is 0.000000172. The number of aromatic nitrogens is 2. The molecule has 16 rings (SSSR count). The van der Waals surface area contributed by atoms with Crippen LogP contribution in [0.1, 0.15) is 191 Å². The average molecular weight is 1500 g/mol. The topological polar surface area (TPSA) is 200 Å². The van der Waals surface area contributed by atoms with E-state index in [9.17, 15) is 28.8 Å². The molecule has 18 nitrogen and oxygen atoms in total. The highest BCUT2D eigenvalue weighted by atomic mass is 35.5. The molecule has 2 unspecified atom stereocenters. The first-order valence-corrected chi connectivity index (χ1v) is 38.6. The smallest absolute Gasteiger partial charge is 0.259 e. The van der Waals surface area contributed by atoms with Crippen molar-refractivity contribution in [3.63, 3.8) is 0 Å². The minimum atomic E-state index is -0.728. The first-order chi connectivity index (χ1) is 51.9. The van der Waals surface area contributed by atoms with Gasteiger partial charge in [-0.15, -0.1) is 0 Å². The van der Waals surface area contributed by atoms with E-state index in [0.29, 0.717) is 68.5 Å². The monoisotopic (exact) mass is 1490 g/mol. The lowest BCUT2D eigenvalue weighted by Gasteiger charge is -2.35. The third-order valence-electron chi connectivity index (χ3n) is 24.3. The van der Waals surface area contributed by atoms with Crippen molar-refractivity contribution >= 4 is 81.4 Å². The van der Waals surface area contributed by atoms with Crippen LogP contribution in [-0.2, 0) is 56.2 Å². The lowest BCUT2D eigenvalue weighted by molar-refractivity contribution is -0.138. The van der Waals surface area contributed by atoms with Gasteiger partial charge < -0.3 is 38.3 Å². The van der Waals surface area contributed by atoms with E-state index in [1.165, 1.54) is 21.9 Å². The minimum Gasteiger partial charge on any atom is -0.361 e. The zero-order chi connectivity index (χ0) is 75.8. The lowest BCUT2D eigenvalue weighted by atomic mass is 9.78. The van der Waals surface area contributed by atoms with E-state index < -0.39 is 35.0 Å². The summed E-state index contributed by atoms with van der Waals surface area (Å²) >= 11 is 13.9. The standard InChI is InChI=1S/2C43H43ClFN5O4/c1-24-5-10-29(40-25(2)48-54-26(40)3)20-38(24)49(32-11-12-34(35(44)21-32)43(46-4)15-16-43)22-28-8-6-27(7-9-28)17-30-18-33-31(19-36(30)45)23-50(42(33)53)37-13-14-39(51)47-41(37)52;1-24-5-10-29(40-25(2)48-54-26(40)3)19-38(24)49(32-11-12-34(35(44)20-32)43(46-4)15-16-43)22-28-8-6-27(7-9-28)17-30-18-31-23-50(42(53)33(31)21-36(30)45)37-13-14-39(51)47-41(37)52/h2*5,10-12,18-21,27-28,37H,6-9,13-17,22-23H2,1-3H3,(H,47,51,52). The normalized spacial score (nSPS) is 21.8. The maximum Gasteiger partial charge on any atom is 0.259 e. The molecule has 0 radical (unpaired) electrons. The van der Waals surface area contributed by atoms with Crippen LogP contribution in [0.15, 0.2) is 106 Å². The Bertz CT molecular complexity index is 5010. The molecule has 8 aromatic rings. The molecule has 22 heteroatoms. The molecule has 2 atom stereocenters. The van der Waals surface area contributed by atoms with Crippen LogP contribution >= 0.6 is 23.2 Å². The molecule has 556 valence electrons. The van der Waals surface area contributed by atoms with Gasteiger partial charge in [-0.25, -0.2) is 21.9 Å². The molecule has 6 heterocycles. The van der Waals surface area contributed by atoms with Crippen molar-refractivity contribution in [1.82, 2.24) is 30.7 Å². The number of imide groups is 2. The number of amides is 6. The molecule has 4 saturated carbocycles. The van der Waals surface area contributed by atoms with Crippen molar-refractivity contribution in [3.05, 3.63) is 220 Å². The van der Waals surface area contributed by atoms with Gasteiger partial charge in [0.2, 0.25) is 23.6 Å². The number of nitrogens with one attached hydrogen (secondary N) is 2. The molecule has 2 saturated heterocycles. The predicted molar refractivity (Wildman–Crippen MR) is 407 cm³/mol. The molecular weight excluding hydrogens is 1410 g/mol. The number of piperidine rings is 2. The van der Waals surface area contributed by atoms with E-state index in [1.54, 1.807) is 6.07 Å². The minimum absolute atomic E-state index is 0.161. The van der Waals surface area contributed by atoms with Crippen LogP contribution in [0.2, 0.25) is 10.0 Å². The summed E-state index contributed by atoms with van der Waals surface area (Å²) in [5, 5.41) is 14.3. The van der Waals surface area contributed by atoms with E-state index in [0.717, 1.165) is 186 Å². The Morgan fingerprint density at radius 1 is 0.509 bits per heavy atom. The van der Waals surface area contributed by atoms with Gasteiger partial charge in [0.15, 0.2) is 0 Å². The number of hydrogen-bond donors (Lipinski definition) is 2. The second kappa shape index (κ2) is 29.5. The third kappa shape index (κ3) is 14.3. The fourth-order valence-electron chi connectivity index (χ4n) is 17.8. The number of nitrogens with zero attached hydrogens (tertiary/aromatic N) is 8. The lowest BCUT2D eigenvalue weighted by Crippen LogP contribution is -2.52. The Labute approximate surface area is 637 Å². The Hall–Kier alpha value is -10.0. The number of halogens is 4. The maximum atomic E-state index is 15.5. The Kier molecular flexibility index (Phi) is 20.1. The maximum absolute atomic E-state index is 15.5. The summed E-state index contributed by atoms with van der Waals surface area (Å²) in [5.41, 5.74) is 16.1. The summed E-state index contributed by atoms with van der Waals surface area (Å²) in [7, 11) is 0. The summed E-state index contributed by atoms with van der Waals surface area (Å²) in [5.74, 6) is -0.123. The fraction of sp³-hybridized carbons (Fsp3) is 0.419. The molecule has 6 aromatic carbocycles. The van der Waals surface area contributed by atoms with Gasteiger partial charge in [-0.2, -0.15) is 0 Å². The van der Waals surface area contributed by atoms with Gasteiger partial charge >= 0.3 is 0 Å². The van der Waals surface area contributed by atoms with Gasteiger partial charge in [0.05, 0.1) is 32.6 Å². The van der Waals surface area contributed by atoms with Crippen molar-refractivity contribution in [1.29, 1.82) is 0 Å². The summed E-state index contributed by atoms with van der Waals surface area (Å²) in [6, 6.07) is 30.0. The van der Waals surface area contributed by atoms with Crippen LogP contribution < -0.4 is 20.4 Å². The first-order valence-electron chi connectivity index (χ1n) is 37.8. The van der Waals surface area contributed by atoms with Gasteiger partial charge in [0.1, 0.15) is 35.2 Å². The van der Waals surface area contributed by atoms with Crippen molar-refractivity contribution < 1.29 is 46.6 Å². The molecule has 0 spiro atoms. The van der Waals surface area contributed by atoms with Gasteiger partial charge in [-0.05, 0) is 254 Å². The van der Waals surface area contributed by atoms with E-state index in [1.807, 2.05) is 58.0 Å². The highest BCUT2D eigenvalue weighted by Crippen LogP contribution is 2.54. The number of aryl methyl sites for hydroxylation is 6. The molecule has 2 aromatic heterocycles. The number of carbonyl (C=O) groups is 6. The largest absolute Gasteiger partial charge is 0.361 e. The molecule has 6 amide bonds. The van der Waals surface area contributed by atoms with Crippen LogP contribution in [0.3, 0.4) is 0 Å². The van der Waals surface area contributed by atoms with Gasteiger partial charge in [-0.1, -0.05) is 63.8 Å². The summed E-state index contributed by atoms with van der Waals surface area (Å²) in [4.78, 5) is 90.4. The van der Waals surface area contributed by atoms with Crippen molar-refractivity contribution in [2.24, 2.45) is 23.7 Å². The SMILES string of the molecule is [C-]#[N+]C1(c2ccc(N(CC3CCC(Cc4cc5c(cc4F)C(=O)N(C4CCC(=O)NC4=O)C5)CC3)c3cc(-c4c(C)noc4C)ccc3C)cc2Cl)CC1.[C-]#[N+]C1(c2ccc(N(CC3CCC(Cc4cc5c(cc4F)CN(C4CCC(=O)NC4=O)C5=O)CC3)c3cc(-c4c(C)noc4C)ccc3C)cc2Cl)CC1. The number of benzene rings is 6. The zero-order valence-corrected chi connectivity index (χ0v) is 63.1. The molecule has 6 fully saturated rings. The Morgan fingerprint density at radius 3 is 1.30 bits per heavy atom. The molecule has 2 N–H and O–H groups in total. The number of rotatable bonds is 18. The fourth-order valence-corrected chi connectivity index (χ4v) is 18.5. The van der Waals surface area contributed by atoms with Gasteiger partial charge in [0, 0.05) is 110 Å². The Morgan fingerprint density at radius 2 is 0.907 bits per heavy atom. The van der Waals surface area contributed by atoms with Crippen LogP contribution in [0.25, 0.3) is 31.9 Å². The van der Waals surface area contributed by atoms with Crippen LogP contribution in [0.5, 0.6) is 0 Å². The second-order valence-electron chi connectivity index (χ2n) is 31.4. The highest BCUT2D eigenvalue weighted by molar-refractivity contribution is 6.32. The van der Waals surface area contributed by atoms with E-state index in [2.05, 4.69) is 103 Å². The molecule has 4 aliphatic carbocycles. The molecule has 4 aliphatic heterocycles. The highest BCUT2D eigenvalue weighted by Gasteiger charge is 2.55. The van der Waals surface area contributed by atoms with E-state index in [4.69, 9.17) is 45.4 Å². The third-order valence-corrected chi connectivity index (χ3v) is 24.9. The number of anilines is 4. The number of fused-ring (bicyclic) bond motifs is 2. The van der Waals surface area contributed by atoms with E-state index >= 15 is 8.78 Å². The molecule has 8 aliphatic rings. The number of carbonyl (C=O) groups excluding carboxylic acids is 6. The quantitative estimate of drug-likeness (QED) is 0.0609. The van der Waals surface area contributed by atoms with E-state index in [-0.39, 0.29) is 80.0 Å².